The first-order valence-electron chi connectivity index (χ1n) is 9.49. The highest BCUT2D eigenvalue weighted by molar-refractivity contribution is 5.91. The molecule has 1 aromatic heterocycles. The van der Waals surface area contributed by atoms with Crippen molar-refractivity contribution < 1.29 is 14.1 Å². The Bertz CT molecular complexity index is 724. The van der Waals surface area contributed by atoms with Crippen molar-refractivity contribution in [2.75, 3.05) is 26.2 Å². The number of carbonyl (C=O) groups is 2. The fourth-order valence-corrected chi connectivity index (χ4v) is 3.25. The molecule has 8 heteroatoms. The van der Waals surface area contributed by atoms with Crippen LogP contribution >= 0.6 is 12.4 Å². The molecule has 3 rings (SSSR count). The van der Waals surface area contributed by atoms with Gasteiger partial charge in [0.05, 0.1) is 6.20 Å². The number of rotatable bonds is 2. The van der Waals surface area contributed by atoms with Crippen LogP contribution in [0.15, 0.2) is 47.1 Å². The fourth-order valence-electron chi connectivity index (χ4n) is 3.25. The predicted molar refractivity (Wildman–Crippen MR) is 108 cm³/mol. The van der Waals surface area contributed by atoms with Crippen LogP contribution in [0.1, 0.15) is 47.8 Å². The first kappa shape index (κ1) is 21.9. The molecule has 2 amide bonds. The Morgan fingerprint density at radius 1 is 1.07 bits per heavy atom. The molecule has 7 nitrogen and oxygen atoms in total. The van der Waals surface area contributed by atoms with E-state index in [2.05, 4.69) is 15.8 Å². The normalized spacial score (nSPS) is 19.4. The second kappa shape index (κ2) is 11.5. The molecule has 2 aromatic rings. The zero-order valence-electron chi connectivity index (χ0n) is 15.8. The number of aromatic nitrogens is 1. The van der Waals surface area contributed by atoms with E-state index in [1.54, 1.807) is 11.0 Å². The fraction of sp³-hybridized carbons (Fsp3) is 0.450. The van der Waals surface area contributed by atoms with Crippen LogP contribution in [0.4, 0.5) is 0 Å². The van der Waals surface area contributed by atoms with Gasteiger partial charge in [0.25, 0.3) is 5.91 Å². The topological polar surface area (TPSA) is 87.5 Å². The standard InChI is InChI=1S/C20H26N4O3.ClH/c25-19-15-17(16-7-2-1-3-8-16)21-10-4-5-13-24(14-6-11-22-19)20(26)18-9-12-23-27-18;/h1-3,7-9,12,17,21H,4-6,10-11,13-15H2,(H,22,25);1H. The van der Waals surface area contributed by atoms with Gasteiger partial charge >= 0.3 is 0 Å². The lowest BCUT2D eigenvalue weighted by Gasteiger charge is -2.21. The second-order valence-corrected chi connectivity index (χ2v) is 6.70. The van der Waals surface area contributed by atoms with Crippen molar-refractivity contribution in [2.45, 2.75) is 31.7 Å². The lowest BCUT2D eigenvalue weighted by molar-refractivity contribution is -0.121. The van der Waals surface area contributed by atoms with Gasteiger partial charge in [-0.2, -0.15) is 0 Å². The minimum absolute atomic E-state index is 0. The summed E-state index contributed by atoms with van der Waals surface area (Å²) >= 11 is 0. The average molecular weight is 407 g/mol. The van der Waals surface area contributed by atoms with Crippen LogP contribution in [0.3, 0.4) is 0 Å². The van der Waals surface area contributed by atoms with Gasteiger partial charge in [0.2, 0.25) is 11.7 Å². The molecule has 1 aromatic carbocycles. The van der Waals surface area contributed by atoms with E-state index >= 15 is 0 Å². The van der Waals surface area contributed by atoms with Gasteiger partial charge in [-0.1, -0.05) is 35.5 Å². The van der Waals surface area contributed by atoms with Gasteiger partial charge in [0.1, 0.15) is 0 Å². The lowest BCUT2D eigenvalue weighted by Crippen LogP contribution is -2.35. The van der Waals surface area contributed by atoms with Gasteiger partial charge in [0, 0.05) is 38.2 Å². The van der Waals surface area contributed by atoms with E-state index in [4.69, 9.17) is 4.52 Å². The number of hydrogen-bond donors (Lipinski definition) is 2. The minimum atomic E-state index is -0.149. The Morgan fingerprint density at radius 3 is 2.61 bits per heavy atom. The van der Waals surface area contributed by atoms with Crippen LogP contribution in [-0.4, -0.2) is 48.0 Å². The maximum absolute atomic E-state index is 12.5. The van der Waals surface area contributed by atoms with E-state index in [0.717, 1.165) is 24.9 Å². The van der Waals surface area contributed by atoms with Crippen molar-refractivity contribution in [3.05, 3.63) is 53.9 Å². The molecular weight excluding hydrogens is 380 g/mol. The summed E-state index contributed by atoms with van der Waals surface area (Å²) in [5.41, 5.74) is 1.12. The Morgan fingerprint density at radius 2 is 1.86 bits per heavy atom. The van der Waals surface area contributed by atoms with E-state index in [1.807, 2.05) is 30.3 Å². The van der Waals surface area contributed by atoms with Crippen molar-refractivity contribution in [1.82, 2.24) is 20.7 Å². The average Bonchev–Trinajstić information content (AvgIpc) is 3.23. The summed E-state index contributed by atoms with van der Waals surface area (Å²) in [5.74, 6) is 0.123. The molecule has 0 bridgehead atoms. The number of benzene rings is 1. The third kappa shape index (κ3) is 6.35. The van der Waals surface area contributed by atoms with E-state index in [1.165, 1.54) is 6.20 Å². The van der Waals surface area contributed by atoms with Crippen LogP contribution in [0, 0.1) is 0 Å². The highest BCUT2D eigenvalue weighted by atomic mass is 35.5. The van der Waals surface area contributed by atoms with Crippen LogP contribution in [0.5, 0.6) is 0 Å². The zero-order valence-corrected chi connectivity index (χ0v) is 16.6. The van der Waals surface area contributed by atoms with Gasteiger partial charge in [-0.25, -0.2) is 0 Å². The molecule has 2 N–H and O–H groups in total. The molecule has 0 aliphatic carbocycles. The van der Waals surface area contributed by atoms with Crippen molar-refractivity contribution in [3.63, 3.8) is 0 Å². The van der Waals surface area contributed by atoms with Crippen LogP contribution in [-0.2, 0) is 4.79 Å². The molecule has 28 heavy (non-hydrogen) atoms. The van der Waals surface area contributed by atoms with E-state index < -0.39 is 0 Å². The first-order valence-corrected chi connectivity index (χ1v) is 9.49. The van der Waals surface area contributed by atoms with Crippen LogP contribution in [0.25, 0.3) is 0 Å². The van der Waals surface area contributed by atoms with Gasteiger partial charge in [-0.3, -0.25) is 9.59 Å². The molecule has 152 valence electrons. The van der Waals surface area contributed by atoms with Crippen molar-refractivity contribution in [2.24, 2.45) is 0 Å². The third-order valence-electron chi connectivity index (χ3n) is 4.70. The summed E-state index contributed by atoms with van der Waals surface area (Å²) in [7, 11) is 0. The molecule has 1 saturated heterocycles. The number of nitrogens with one attached hydrogen (secondary N) is 2. The minimum Gasteiger partial charge on any atom is -0.356 e. The van der Waals surface area contributed by atoms with Crippen molar-refractivity contribution in [1.29, 1.82) is 0 Å². The summed E-state index contributed by atoms with van der Waals surface area (Å²) in [5, 5.41) is 10.1. The van der Waals surface area contributed by atoms with Gasteiger partial charge in [-0.15, -0.1) is 12.4 Å². The zero-order chi connectivity index (χ0) is 18.9. The number of amides is 2. The molecule has 1 unspecified atom stereocenters. The Balaban J connectivity index is 0.00000280. The molecule has 1 aliphatic heterocycles. The van der Waals surface area contributed by atoms with E-state index in [-0.39, 0.29) is 36.0 Å². The molecule has 0 saturated carbocycles. The Hall–Kier alpha value is -2.38. The lowest BCUT2D eigenvalue weighted by atomic mass is 10.0. The quantitative estimate of drug-likeness (QED) is 0.800. The monoisotopic (exact) mass is 406 g/mol. The van der Waals surface area contributed by atoms with E-state index in [0.29, 0.717) is 32.5 Å². The molecule has 0 spiro atoms. The Labute approximate surface area is 171 Å². The molecule has 2 heterocycles. The van der Waals surface area contributed by atoms with Gasteiger partial charge in [-0.05, 0) is 31.4 Å². The van der Waals surface area contributed by atoms with E-state index in [9.17, 15) is 9.59 Å². The highest BCUT2D eigenvalue weighted by Gasteiger charge is 2.20. The smallest absolute Gasteiger partial charge is 0.292 e. The first-order chi connectivity index (χ1) is 13.2. The third-order valence-corrected chi connectivity index (χ3v) is 4.70. The van der Waals surface area contributed by atoms with Gasteiger partial charge in [0.15, 0.2) is 0 Å². The molecule has 0 radical (unpaired) electrons. The second-order valence-electron chi connectivity index (χ2n) is 6.70. The molecule has 1 fully saturated rings. The van der Waals surface area contributed by atoms with Crippen molar-refractivity contribution in [3.8, 4) is 0 Å². The molecule has 1 aliphatic rings. The summed E-state index contributed by atoms with van der Waals surface area (Å²) in [6, 6.07) is 11.6. The molecule has 1 atom stereocenters. The maximum atomic E-state index is 12.5. The Kier molecular flexibility index (Phi) is 8.97. The predicted octanol–water partition coefficient (Wildman–Crippen LogP) is 2.56. The van der Waals surface area contributed by atoms with Crippen LogP contribution < -0.4 is 10.6 Å². The largest absolute Gasteiger partial charge is 0.356 e. The number of carbonyl (C=O) groups excluding carboxylic acids is 2. The SMILES string of the molecule is Cl.O=C1CC(c2ccccc2)NCCCCN(C(=O)c2ccno2)CCCN1. The number of hydrogen-bond acceptors (Lipinski definition) is 5. The number of halogens is 1. The van der Waals surface area contributed by atoms with Crippen molar-refractivity contribution >= 4 is 24.2 Å². The summed E-state index contributed by atoms with van der Waals surface area (Å²) in [6.45, 7) is 2.57. The van der Waals surface area contributed by atoms with Crippen LogP contribution in [0.2, 0.25) is 0 Å². The molecular formula is C20H27ClN4O3. The summed E-state index contributed by atoms with van der Waals surface area (Å²) in [6.07, 6.45) is 4.39. The van der Waals surface area contributed by atoms with Gasteiger partial charge < -0.3 is 20.1 Å². The summed E-state index contributed by atoms with van der Waals surface area (Å²) < 4.78 is 5.00. The maximum Gasteiger partial charge on any atom is 0.292 e. The highest BCUT2D eigenvalue weighted by Crippen LogP contribution is 2.17. The number of nitrogens with zero attached hydrogens (tertiary/aromatic N) is 2. The summed E-state index contributed by atoms with van der Waals surface area (Å²) in [4.78, 5) is 26.6.